The van der Waals surface area contributed by atoms with E-state index in [-0.39, 0.29) is 12.1 Å². The van der Waals surface area contributed by atoms with E-state index in [4.69, 9.17) is 10.4 Å². The predicted octanol–water partition coefficient (Wildman–Crippen LogP) is 1.87. The van der Waals surface area contributed by atoms with E-state index < -0.39 is 17.5 Å². The molecule has 6 heteroatoms. The summed E-state index contributed by atoms with van der Waals surface area (Å²) < 4.78 is 36.6. The minimum atomic E-state index is -4.63. The maximum absolute atomic E-state index is 12.2. The lowest BCUT2D eigenvalue weighted by molar-refractivity contribution is -0.138. The molecule has 0 spiro atoms. The highest BCUT2D eigenvalue weighted by atomic mass is 19.4. The number of alkyl halides is 3. The van der Waals surface area contributed by atoms with Gasteiger partial charge in [-0.05, 0) is 6.07 Å². The summed E-state index contributed by atoms with van der Waals surface area (Å²) in [6.07, 6.45) is -4.07. The summed E-state index contributed by atoms with van der Waals surface area (Å²) in [5, 5.41) is 17.4. The highest BCUT2D eigenvalue weighted by molar-refractivity contribution is 5.38. The molecular weight excluding hydrogens is 197 g/mol. The topological polar surface area (TPSA) is 56.9 Å². The molecule has 0 bridgehead atoms. The van der Waals surface area contributed by atoms with Crippen LogP contribution in [0.25, 0.3) is 0 Å². The van der Waals surface area contributed by atoms with Crippen molar-refractivity contribution in [2.75, 3.05) is 0 Å². The summed E-state index contributed by atoms with van der Waals surface area (Å²) in [5.74, 6) is -0.971. The van der Waals surface area contributed by atoms with Gasteiger partial charge in [0.1, 0.15) is 11.3 Å². The summed E-state index contributed by atoms with van der Waals surface area (Å²) >= 11 is 0. The Balaban J connectivity index is 3.22. The Bertz CT molecular complexity index is 381. The first kappa shape index (κ1) is 10.3. The highest BCUT2D eigenvalue weighted by Crippen LogP contribution is 2.36. The van der Waals surface area contributed by atoms with E-state index in [0.717, 1.165) is 6.20 Å². The number of hydrogen-bond acceptors (Lipinski definition) is 3. The molecule has 0 aliphatic rings. The number of nitriles is 1. The SMILES string of the molecule is N#CCc1nccc(C(F)(F)F)c1O. The lowest BCUT2D eigenvalue weighted by atomic mass is 10.1. The molecule has 0 amide bonds. The molecule has 1 aromatic heterocycles. The van der Waals surface area contributed by atoms with Crippen LogP contribution >= 0.6 is 0 Å². The third kappa shape index (κ3) is 1.93. The smallest absolute Gasteiger partial charge is 0.420 e. The third-order valence-electron chi connectivity index (χ3n) is 1.55. The van der Waals surface area contributed by atoms with Gasteiger partial charge in [-0.15, -0.1) is 0 Å². The van der Waals surface area contributed by atoms with Gasteiger partial charge in [-0.1, -0.05) is 0 Å². The molecule has 1 heterocycles. The van der Waals surface area contributed by atoms with Crippen molar-refractivity contribution in [2.45, 2.75) is 12.6 Å². The second kappa shape index (κ2) is 3.54. The molecule has 0 saturated heterocycles. The number of nitrogens with zero attached hydrogens (tertiary/aromatic N) is 2. The summed E-state index contributed by atoms with van der Waals surface area (Å²) in [5.41, 5.74) is -1.43. The van der Waals surface area contributed by atoms with Crippen molar-refractivity contribution < 1.29 is 18.3 Å². The fourth-order valence-electron chi connectivity index (χ4n) is 0.930. The van der Waals surface area contributed by atoms with Crippen LogP contribution in [-0.2, 0) is 12.6 Å². The van der Waals surface area contributed by atoms with Gasteiger partial charge in [0.05, 0.1) is 18.2 Å². The molecule has 0 unspecified atom stereocenters. The van der Waals surface area contributed by atoms with Crippen molar-refractivity contribution in [1.29, 1.82) is 5.26 Å². The number of rotatable bonds is 1. The lowest BCUT2D eigenvalue weighted by Gasteiger charge is -2.09. The Morgan fingerprint density at radius 3 is 2.64 bits per heavy atom. The minimum absolute atomic E-state index is 0.262. The Labute approximate surface area is 77.4 Å². The first-order valence-corrected chi connectivity index (χ1v) is 3.58. The summed E-state index contributed by atoms with van der Waals surface area (Å²) in [7, 11) is 0. The third-order valence-corrected chi connectivity index (χ3v) is 1.55. The van der Waals surface area contributed by atoms with Crippen molar-refractivity contribution in [3.05, 3.63) is 23.5 Å². The van der Waals surface area contributed by atoms with Crippen LogP contribution in [0, 0.1) is 11.3 Å². The van der Waals surface area contributed by atoms with Crippen LogP contribution in [0.5, 0.6) is 5.75 Å². The minimum Gasteiger partial charge on any atom is -0.505 e. The molecule has 1 aromatic rings. The van der Waals surface area contributed by atoms with Crippen LogP contribution in [0.4, 0.5) is 13.2 Å². The van der Waals surface area contributed by atoms with Crippen LogP contribution in [0.15, 0.2) is 12.3 Å². The van der Waals surface area contributed by atoms with Gasteiger partial charge in [-0.2, -0.15) is 18.4 Å². The first-order valence-electron chi connectivity index (χ1n) is 3.58. The summed E-state index contributed by atoms with van der Waals surface area (Å²) in [4.78, 5) is 3.47. The number of aromatic hydroxyl groups is 1. The lowest BCUT2D eigenvalue weighted by Crippen LogP contribution is -2.07. The Morgan fingerprint density at radius 2 is 2.14 bits per heavy atom. The van der Waals surface area contributed by atoms with Crippen LogP contribution in [0.1, 0.15) is 11.3 Å². The zero-order chi connectivity index (χ0) is 10.8. The number of pyridine rings is 1. The van der Waals surface area contributed by atoms with Crippen LogP contribution in [0.3, 0.4) is 0 Å². The number of hydrogen-bond donors (Lipinski definition) is 1. The van der Waals surface area contributed by atoms with Crippen LogP contribution in [0.2, 0.25) is 0 Å². The van der Waals surface area contributed by atoms with E-state index in [2.05, 4.69) is 4.98 Å². The van der Waals surface area contributed by atoms with Crippen LogP contribution in [-0.4, -0.2) is 10.1 Å². The molecule has 0 fully saturated rings. The molecule has 1 rings (SSSR count). The largest absolute Gasteiger partial charge is 0.505 e. The first-order chi connectivity index (χ1) is 6.46. The molecule has 74 valence electrons. The van der Waals surface area contributed by atoms with Gasteiger partial charge in [-0.3, -0.25) is 4.98 Å². The number of halogens is 3. The molecule has 0 saturated carbocycles. The fourth-order valence-corrected chi connectivity index (χ4v) is 0.930. The second-order valence-corrected chi connectivity index (χ2v) is 2.49. The van der Waals surface area contributed by atoms with Gasteiger partial charge < -0.3 is 5.11 Å². The average Bonchev–Trinajstić information content (AvgIpc) is 2.07. The van der Waals surface area contributed by atoms with Crippen LogP contribution < -0.4 is 0 Å². The monoisotopic (exact) mass is 202 g/mol. The van der Waals surface area contributed by atoms with E-state index in [1.165, 1.54) is 0 Å². The zero-order valence-corrected chi connectivity index (χ0v) is 6.84. The molecule has 0 radical (unpaired) electrons. The number of aromatic nitrogens is 1. The molecule has 0 aliphatic heterocycles. The van der Waals surface area contributed by atoms with Crippen molar-refractivity contribution in [1.82, 2.24) is 4.98 Å². The van der Waals surface area contributed by atoms with Crippen molar-refractivity contribution in [2.24, 2.45) is 0 Å². The Kier molecular flexibility index (Phi) is 2.60. The normalized spacial score (nSPS) is 11.0. The Hall–Kier alpha value is -1.77. The van der Waals surface area contributed by atoms with Gasteiger partial charge in [0, 0.05) is 6.20 Å². The van der Waals surface area contributed by atoms with Crippen molar-refractivity contribution >= 4 is 0 Å². The van der Waals surface area contributed by atoms with Gasteiger partial charge in [0.25, 0.3) is 0 Å². The molecular formula is C8H5F3N2O. The maximum atomic E-state index is 12.2. The molecule has 1 N–H and O–H groups in total. The quantitative estimate of drug-likeness (QED) is 0.756. The van der Waals surface area contributed by atoms with E-state index in [1.54, 1.807) is 6.07 Å². The van der Waals surface area contributed by atoms with Gasteiger partial charge in [0.2, 0.25) is 0 Å². The van der Waals surface area contributed by atoms with Crippen molar-refractivity contribution in [3.63, 3.8) is 0 Å². The zero-order valence-electron chi connectivity index (χ0n) is 6.84. The molecule has 0 aromatic carbocycles. The van der Waals surface area contributed by atoms with E-state index in [9.17, 15) is 13.2 Å². The van der Waals surface area contributed by atoms with E-state index >= 15 is 0 Å². The summed E-state index contributed by atoms with van der Waals surface area (Å²) in [6, 6.07) is 2.28. The second-order valence-electron chi connectivity index (χ2n) is 2.49. The molecule has 14 heavy (non-hydrogen) atoms. The maximum Gasteiger partial charge on any atom is 0.420 e. The van der Waals surface area contributed by atoms with Crippen molar-refractivity contribution in [3.8, 4) is 11.8 Å². The van der Waals surface area contributed by atoms with E-state index in [1.807, 2.05) is 0 Å². The summed E-state index contributed by atoms with van der Waals surface area (Å²) in [6.45, 7) is 0. The molecule has 0 atom stereocenters. The highest BCUT2D eigenvalue weighted by Gasteiger charge is 2.34. The predicted molar refractivity (Wildman–Crippen MR) is 40.2 cm³/mol. The average molecular weight is 202 g/mol. The standard InChI is InChI=1S/C8H5F3N2O/c9-8(10,11)5-2-4-13-6(1-3-12)7(5)14/h2,4,14H,1H2. The molecule has 3 nitrogen and oxygen atoms in total. The van der Waals surface area contributed by atoms with Gasteiger partial charge >= 0.3 is 6.18 Å². The van der Waals surface area contributed by atoms with Gasteiger partial charge in [-0.25, -0.2) is 0 Å². The Morgan fingerprint density at radius 1 is 1.50 bits per heavy atom. The van der Waals surface area contributed by atoms with E-state index in [0.29, 0.717) is 6.07 Å². The van der Waals surface area contributed by atoms with Gasteiger partial charge in [0.15, 0.2) is 0 Å². The fraction of sp³-hybridized carbons (Fsp3) is 0.250. The molecule has 0 aliphatic carbocycles.